The van der Waals surface area contributed by atoms with Crippen LogP contribution in [0.1, 0.15) is 35.5 Å². The SMILES string of the molecule is Cc1cccn2c(=O)c3cc(C(=O)NCC(C)C)n(Cc4ccccc4)c3nc12. The molecular formula is C23H24N4O2. The van der Waals surface area contributed by atoms with Crippen LogP contribution in [0.25, 0.3) is 16.7 Å². The summed E-state index contributed by atoms with van der Waals surface area (Å²) in [6.45, 7) is 7.04. The number of rotatable bonds is 5. The summed E-state index contributed by atoms with van der Waals surface area (Å²) < 4.78 is 3.38. The quantitative estimate of drug-likeness (QED) is 0.570. The van der Waals surface area contributed by atoms with Gasteiger partial charge in [0.25, 0.3) is 11.5 Å². The minimum atomic E-state index is -0.196. The van der Waals surface area contributed by atoms with Crippen LogP contribution in [-0.2, 0) is 6.54 Å². The Balaban J connectivity index is 1.95. The van der Waals surface area contributed by atoms with Crippen molar-refractivity contribution in [3.05, 3.63) is 81.9 Å². The molecule has 0 atom stereocenters. The first-order valence-corrected chi connectivity index (χ1v) is 9.79. The molecule has 6 nitrogen and oxygen atoms in total. The van der Waals surface area contributed by atoms with Crippen molar-refractivity contribution < 1.29 is 4.79 Å². The molecular weight excluding hydrogens is 364 g/mol. The Morgan fingerprint density at radius 1 is 1.10 bits per heavy atom. The Hall–Kier alpha value is -3.41. The molecule has 0 aliphatic rings. The molecule has 3 aromatic heterocycles. The maximum atomic E-state index is 13.1. The number of hydrogen-bond acceptors (Lipinski definition) is 3. The lowest BCUT2D eigenvalue weighted by Gasteiger charge is -2.12. The molecule has 29 heavy (non-hydrogen) atoms. The molecule has 0 aliphatic carbocycles. The van der Waals surface area contributed by atoms with Crippen LogP contribution in [0, 0.1) is 12.8 Å². The zero-order valence-electron chi connectivity index (χ0n) is 16.8. The first-order valence-electron chi connectivity index (χ1n) is 9.79. The van der Waals surface area contributed by atoms with Crippen LogP contribution in [0.5, 0.6) is 0 Å². The summed E-state index contributed by atoms with van der Waals surface area (Å²) in [5, 5.41) is 3.40. The van der Waals surface area contributed by atoms with E-state index in [4.69, 9.17) is 4.98 Å². The molecule has 0 saturated heterocycles. The molecule has 0 bridgehead atoms. The van der Waals surface area contributed by atoms with Gasteiger partial charge in [-0.15, -0.1) is 0 Å². The Morgan fingerprint density at radius 2 is 1.86 bits per heavy atom. The molecule has 0 saturated carbocycles. The highest BCUT2D eigenvalue weighted by atomic mass is 16.2. The van der Waals surface area contributed by atoms with E-state index in [1.54, 1.807) is 16.7 Å². The van der Waals surface area contributed by atoms with Gasteiger partial charge in [0, 0.05) is 19.3 Å². The first kappa shape index (κ1) is 18.9. The topological polar surface area (TPSA) is 68.4 Å². The van der Waals surface area contributed by atoms with Gasteiger partial charge >= 0.3 is 0 Å². The second kappa shape index (κ2) is 7.54. The van der Waals surface area contributed by atoms with Gasteiger partial charge in [0.1, 0.15) is 17.0 Å². The predicted molar refractivity (Wildman–Crippen MR) is 114 cm³/mol. The molecule has 6 heteroatoms. The van der Waals surface area contributed by atoms with E-state index in [9.17, 15) is 9.59 Å². The molecule has 0 aliphatic heterocycles. The van der Waals surface area contributed by atoms with E-state index in [1.165, 1.54) is 0 Å². The van der Waals surface area contributed by atoms with E-state index in [0.717, 1.165) is 11.1 Å². The molecule has 3 heterocycles. The molecule has 1 N–H and O–H groups in total. The van der Waals surface area contributed by atoms with Crippen molar-refractivity contribution in [2.75, 3.05) is 6.54 Å². The summed E-state index contributed by atoms with van der Waals surface area (Å²) in [7, 11) is 0. The van der Waals surface area contributed by atoms with Crippen LogP contribution >= 0.6 is 0 Å². The molecule has 4 aromatic rings. The minimum absolute atomic E-state index is 0.168. The van der Waals surface area contributed by atoms with Crippen LogP contribution in [0.4, 0.5) is 0 Å². The number of carbonyl (C=O) groups is 1. The lowest BCUT2D eigenvalue weighted by molar-refractivity contribution is 0.0940. The van der Waals surface area contributed by atoms with Crippen LogP contribution in [0.15, 0.2) is 59.5 Å². The molecule has 0 fully saturated rings. The van der Waals surface area contributed by atoms with Crippen molar-refractivity contribution in [2.45, 2.75) is 27.3 Å². The zero-order chi connectivity index (χ0) is 20.5. The van der Waals surface area contributed by atoms with Crippen LogP contribution < -0.4 is 10.9 Å². The summed E-state index contributed by atoms with van der Waals surface area (Å²) in [6.07, 6.45) is 1.71. The first-order chi connectivity index (χ1) is 14.0. The van der Waals surface area contributed by atoms with Gasteiger partial charge in [-0.2, -0.15) is 0 Å². The maximum absolute atomic E-state index is 13.1. The third-order valence-corrected chi connectivity index (χ3v) is 4.98. The van der Waals surface area contributed by atoms with Crippen molar-refractivity contribution in [1.82, 2.24) is 19.3 Å². The Kier molecular flexibility index (Phi) is 4.92. The predicted octanol–water partition coefficient (Wildman–Crippen LogP) is 3.39. The monoisotopic (exact) mass is 388 g/mol. The smallest absolute Gasteiger partial charge is 0.268 e. The number of hydrogen-bond donors (Lipinski definition) is 1. The fourth-order valence-corrected chi connectivity index (χ4v) is 3.46. The standard InChI is InChI=1S/C23H24N4O2/c1-15(2)13-24-22(28)19-12-18-21(27(19)14-17-9-5-4-6-10-17)25-20-16(3)8-7-11-26(20)23(18)29/h4-12,15H,13-14H2,1-3H3,(H,24,28). The minimum Gasteiger partial charge on any atom is -0.351 e. The number of nitrogens with one attached hydrogen (secondary N) is 1. The Morgan fingerprint density at radius 3 is 2.59 bits per heavy atom. The average Bonchev–Trinajstić information content (AvgIpc) is 3.07. The van der Waals surface area contributed by atoms with Gasteiger partial charge in [0.05, 0.1) is 5.39 Å². The molecule has 1 aromatic carbocycles. The van der Waals surface area contributed by atoms with E-state index in [0.29, 0.717) is 41.4 Å². The van der Waals surface area contributed by atoms with Gasteiger partial charge < -0.3 is 9.88 Å². The van der Waals surface area contributed by atoms with Crippen LogP contribution in [0.2, 0.25) is 0 Å². The van der Waals surface area contributed by atoms with Gasteiger partial charge in [-0.25, -0.2) is 4.98 Å². The fourth-order valence-electron chi connectivity index (χ4n) is 3.46. The number of aromatic nitrogens is 3. The number of aryl methyl sites for hydroxylation is 1. The molecule has 0 spiro atoms. The van der Waals surface area contributed by atoms with Crippen LogP contribution in [0.3, 0.4) is 0 Å². The van der Waals surface area contributed by atoms with Crippen molar-refractivity contribution in [3.63, 3.8) is 0 Å². The number of benzene rings is 1. The van der Waals surface area contributed by atoms with E-state index in [1.807, 2.05) is 67.8 Å². The molecule has 0 radical (unpaired) electrons. The van der Waals surface area contributed by atoms with E-state index < -0.39 is 0 Å². The summed E-state index contributed by atoms with van der Waals surface area (Å²) in [4.78, 5) is 30.8. The van der Waals surface area contributed by atoms with Gasteiger partial charge in [0.2, 0.25) is 0 Å². The zero-order valence-corrected chi connectivity index (χ0v) is 16.8. The second-order valence-corrected chi connectivity index (χ2v) is 7.74. The second-order valence-electron chi connectivity index (χ2n) is 7.74. The molecule has 1 amide bonds. The third-order valence-electron chi connectivity index (χ3n) is 4.98. The third kappa shape index (κ3) is 3.53. The van der Waals surface area contributed by atoms with Crippen molar-refractivity contribution in [2.24, 2.45) is 5.92 Å². The molecule has 148 valence electrons. The van der Waals surface area contributed by atoms with Gasteiger partial charge in [0.15, 0.2) is 0 Å². The summed E-state index contributed by atoms with van der Waals surface area (Å²) in [6, 6.07) is 15.3. The number of carbonyl (C=O) groups excluding carboxylic acids is 1. The van der Waals surface area contributed by atoms with Crippen LogP contribution in [-0.4, -0.2) is 26.4 Å². The highest BCUT2D eigenvalue weighted by Gasteiger charge is 2.20. The summed E-state index contributed by atoms with van der Waals surface area (Å²) in [5.74, 6) is 0.137. The molecule has 0 unspecified atom stereocenters. The number of pyridine rings is 1. The fraction of sp³-hybridized carbons (Fsp3) is 0.261. The van der Waals surface area contributed by atoms with Crippen molar-refractivity contribution in [3.8, 4) is 0 Å². The van der Waals surface area contributed by atoms with E-state index in [2.05, 4.69) is 5.32 Å². The highest BCUT2D eigenvalue weighted by molar-refractivity contribution is 5.98. The average molecular weight is 388 g/mol. The molecule has 4 rings (SSSR count). The van der Waals surface area contributed by atoms with E-state index in [-0.39, 0.29) is 11.5 Å². The van der Waals surface area contributed by atoms with Gasteiger partial charge in [-0.1, -0.05) is 50.2 Å². The van der Waals surface area contributed by atoms with E-state index >= 15 is 0 Å². The maximum Gasteiger partial charge on any atom is 0.268 e. The van der Waals surface area contributed by atoms with Crippen molar-refractivity contribution >= 4 is 22.6 Å². The Labute approximate surface area is 168 Å². The summed E-state index contributed by atoms with van der Waals surface area (Å²) >= 11 is 0. The highest BCUT2D eigenvalue weighted by Crippen LogP contribution is 2.19. The normalized spacial score (nSPS) is 11.4. The largest absolute Gasteiger partial charge is 0.351 e. The number of fused-ring (bicyclic) bond motifs is 2. The number of amides is 1. The van der Waals surface area contributed by atoms with Gasteiger partial charge in [-0.3, -0.25) is 14.0 Å². The lowest BCUT2D eigenvalue weighted by Crippen LogP contribution is -2.29. The Bertz CT molecular complexity index is 1250. The van der Waals surface area contributed by atoms with Crippen molar-refractivity contribution in [1.29, 1.82) is 0 Å². The lowest BCUT2D eigenvalue weighted by atomic mass is 10.2. The van der Waals surface area contributed by atoms with Gasteiger partial charge in [-0.05, 0) is 36.1 Å². The summed E-state index contributed by atoms with van der Waals surface area (Å²) in [5.41, 5.74) is 3.36. The number of nitrogens with zero attached hydrogens (tertiary/aromatic N) is 3.